The Morgan fingerprint density at radius 2 is 2.18 bits per heavy atom. The fraction of sp³-hybridized carbons (Fsp3) is 0.588. The van der Waals surface area contributed by atoms with Gasteiger partial charge in [0.05, 0.1) is 19.3 Å². The van der Waals surface area contributed by atoms with Gasteiger partial charge in [-0.05, 0) is 43.5 Å². The minimum Gasteiger partial charge on any atom is -0.374 e. The lowest BCUT2D eigenvalue weighted by molar-refractivity contribution is -0.115. The smallest absolute Gasteiger partial charge is 0.238 e. The Labute approximate surface area is 139 Å². The van der Waals surface area contributed by atoms with Crippen molar-refractivity contribution in [3.63, 3.8) is 0 Å². The van der Waals surface area contributed by atoms with Gasteiger partial charge in [-0.3, -0.25) is 4.79 Å². The Morgan fingerprint density at radius 3 is 2.91 bits per heavy atom. The zero-order valence-corrected chi connectivity index (χ0v) is 14.2. The second-order valence-corrected chi connectivity index (χ2v) is 5.98. The van der Waals surface area contributed by atoms with Crippen LogP contribution in [0.2, 0.25) is 0 Å². The first-order valence-electron chi connectivity index (χ1n) is 7.82. The molecule has 0 bridgehead atoms. The summed E-state index contributed by atoms with van der Waals surface area (Å²) in [7, 11) is 1.76. The highest BCUT2D eigenvalue weighted by Gasteiger charge is 2.19. The summed E-state index contributed by atoms with van der Waals surface area (Å²) in [4.78, 5) is 11.6. The van der Waals surface area contributed by atoms with Crippen molar-refractivity contribution in [2.24, 2.45) is 5.92 Å². The number of nitrogens with one attached hydrogen (secondary N) is 2. The van der Waals surface area contributed by atoms with Gasteiger partial charge in [0.1, 0.15) is 0 Å². The van der Waals surface area contributed by atoms with Crippen LogP contribution in [0, 0.1) is 5.92 Å². The Balaban J connectivity index is 0.00000242. The van der Waals surface area contributed by atoms with Crippen LogP contribution in [0.25, 0.3) is 0 Å². The van der Waals surface area contributed by atoms with Crippen LogP contribution in [0.4, 0.5) is 5.69 Å². The van der Waals surface area contributed by atoms with Crippen LogP contribution in [-0.2, 0) is 16.1 Å². The van der Waals surface area contributed by atoms with E-state index in [0.29, 0.717) is 19.3 Å². The van der Waals surface area contributed by atoms with Crippen molar-refractivity contribution in [1.82, 2.24) is 5.32 Å². The van der Waals surface area contributed by atoms with E-state index in [9.17, 15) is 4.79 Å². The normalized spacial score (nSPS) is 21.0. The predicted molar refractivity (Wildman–Crippen MR) is 92.5 cm³/mol. The molecular weight excluding hydrogens is 300 g/mol. The lowest BCUT2D eigenvalue weighted by Crippen LogP contribution is -2.25. The number of rotatable bonds is 6. The summed E-state index contributed by atoms with van der Waals surface area (Å²) in [5, 5.41) is 5.71. The minimum absolute atomic E-state index is 0. The fourth-order valence-corrected chi connectivity index (χ4v) is 2.85. The molecule has 4 nitrogen and oxygen atoms in total. The average molecular weight is 327 g/mol. The largest absolute Gasteiger partial charge is 0.374 e. The number of ether oxygens (including phenoxy) is 1. The summed E-state index contributed by atoms with van der Waals surface area (Å²) < 4.78 is 6.02. The molecule has 1 aliphatic carbocycles. The van der Waals surface area contributed by atoms with Gasteiger partial charge in [0.25, 0.3) is 0 Å². The van der Waals surface area contributed by atoms with Gasteiger partial charge < -0.3 is 15.4 Å². The Morgan fingerprint density at radius 1 is 1.36 bits per heavy atom. The molecule has 0 aliphatic heterocycles. The number of anilines is 1. The highest BCUT2D eigenvalue weighted by atomic mass is 35.5. The van der Waals surface area contributed by atoms with Gasteiger partial charge in [-0.25, -0.2) is 0 Å². The van der Waals surface area contributed by atoms with Crippen LogP contribution in [-0.4, -0.2) is 25.6 Å². The lowest BCUT2D eigenvalue weighted by atomic mass is 9.89. The van der Waals surface area contributed by atoms with Crippen LogP contribution in [0.3, 0.4) is 0 Å². The van der Waals surface area contributed by atoms with Crippen molar-refractivity contribution >= 4 is 24.0 Å². The van der Waals surface area contributed by atoms with E-state index in [2.05, 4.69) is 17.6 Å². The molecule has 1 saturated carbocycles. The van der Waals surface area contributed by atoms with Gasteiger partial charge in [0, 0.05) is 5.69 Å². The van der Waals surface area contributed by atoms with E-state index in [-0.39, 0.29) is 18.3 Å². The van der Waals surface area contributed by atoms with Gasteiger partial charge in [-0.15, -0.1) is 12.4 Å². The van der Waals surface area contributed by atoms with Gasteiger partial charge >= 0.3 is 0 Å². The number of carbonyl (C=O) groups excluding carboxylic acids is 1. The Hall–Kier alpha value is -1.10. The summed E-state index contributed by atoms with van der Waals surface area (Å²) in [5.41, 5.74) is 1.93. The van der Waals surface area contributed by atoms with Crippen LogP contribution in [0.5, 0.6) is 0 Å². The molecule has 1 fully saturated rings. The summed E-state index contributed by atoms with van der Waals surface area (Å²) in [6.45, 7) is 3.24. The molecule has 2 N–H and O–H groups in total. The number of halogens is 1. The van der Waals surface area contributed by atoms with E-state index < -0.39 is 0 Å². The van der Waals surface area contributed by atoms with E-state index in [1.54, 1.807) is 7.05 Å². The first-order valence-corrected chi connectivity index (χ1v) is 7.82. The van der Waals surface area contributed by atoms with E-state index in [0.717, 1.165) is 17.2 Å². The van der Waals surface area contributed by atoms with Crippen LogP contribution in [0.1, 0.15) is 38.2 Å². The van der Waals surface area contributed by atoms with Crippen molar-refractivity contribution in [3.05, 3.63) is 29.8 Å². The molecule has 124 valence electrons. The van der Waals surface area contributed by atoms with Crippen LogP contribution < -0.4 is 10.6 Å². The third-order valence-corrected chi connectivity index (χ3v) is 3.92. The number of carbonyl (C=O) groups is 1. The molecular formula is C17H27ClN2O2. The maximum atomic E-state index is 11.6. The molecule has 0 heterocycles. The van der Waals surface area contributed by atoms with Gasteiger partial charge in [0.2, 0.25) is 5.91 Å². The second kappa shape index (κ2) is 9.82. The SMILES string of the molecule is CNCC(=O)Nc1cccc(COC2CCCC(C)C2)c1.Cl. The quantitative estimate of drug-likeness (QED) is 0.842. The second-order valence-electron chi connectivity index (χ2n) is 5.98. The molecule has 0 saturated heterocycles. The Bertz CT molecular complexity index is 468. The molecule has 22 heavy (non-hydrogen) atoms. The monoisotopic (exact) mass is 326 g/mol. The Kier molecular flexibility index (Phi) is 8.46. The summed E-state index contributed by atoms with van der Waals surface area (Å²) in [6.07, 6.45) is 5.32. The number of likely N-dealkylation sites (N-methyl/N-ethyl adjacent to an activating group) is 1. The van der Waals surface area contributed by atoms with E-state index in [4.69, 9.17) is 4.74 Å². The molecule has 1 aliphatic rings. The highest BCUT2D eigenvalue weighted by Crippen LogP contribution is 2.26. The van der Waals surface area contributed by atoms with Gasteiger partial charge in [-0.2, -0.15) is 0 Å². The topological polar surface area (TPSA) is 50.4 Å². The molecule has 1 aromatic carbocycles. The maximum absolute atomic E-state index is 11.6. The number of amides is 1. The molecule has 0 aromatic heterocycles. The third-order valence-electron chi connectivity index (χ3n) is 3.92. The molecule has 1 amide bonds. The van der Waals surface area contributed by atoms with Crippen LogP contribution in [0.15, 0.2) is 24.3 Å². The van der Waals surface area contributed by atoms with Gasteiger partial charge in [0.15, 0.2) is 0 Å². The maximum Gasteiger partial charge on any atom is 0.238 e. The summed E-state index contributed by atoms with van der Waals surface area (Å²) >= 11 is 0. The van der Waals surface area contributed by atoms with Gasteiger partial charge in [-0.1, -0.05) is 31.9 Å². The van der Waals surface area contributed by atoms with Crippen LogP contribution >= 0.6 is 12.4 Å². The number of hydrogen-bond donors (Lipinski definition) is 2. The van der Waals surface area contributed by atoms with Crippen molar-refractivity contribution < 1.29 is 9.53 Å². The molecule has 1 aromatic rings. The van der Waals surface area contributed by atoms with Crippen molar-refractivity contribution in [2.45, 2.75) is 45.3 Å². The molecule has 0 spiro atoms. The van der Waals surface area contributed by atoms with E-state index in [1.165, 1.54) is 25.7 Å². The number of benzene rings is 1. The first kappa shape index (κ1) is 18.9. The molecule has 0 radical (unpaired) electrons. The summed E-state index contributed by atoms with van der Waals surface area (Å²) in [6, 6.07) is 7.89. The number of hydrogen-bond acceptors (Lipinski definition) is 3. The fourth-order valence-electron chi connectivity index (χ4n) is 2.85. The van der Waals surface area contributed by atoms with E-state index >= 15 is 0 Å². The average Bonchev–Trinajstić information content (AvgIpc) is 2.46. The first-order chi connectivity index (χ1) is 10.2. The zero-order valence-electron chi connectivity index (χ0n) is 13.4. The molecule has 2 unspecified atom stereocenters. The van der Waals surface area contributed by atoms with Crippen molar-refractivity contribution in [1.29, 1.82) is 0 Å². The lowest BCUT2D eigenvalue weighted by Gasteiger charge is -2.26. The van der Waals surface area contributed by atoms with E-state index in [1.807, 2.05) is 24.3 Å². The van der Waals surface area contributed by atoms with Crippen molar-refractivity contribution in [2.75, 3.05) is 18.9 Å². The molecule has 2 rings (SSSR count). The third kappa shape index (κ3) is 6.34. The summed E-state index contributed by atoms with van der Waals surface area (Å²) in [5.74, 6) is 0.743. The predicted octanol–water partition coefficient (Wildman–Crippen LogP) is 3.36. The molecule has 2 atom stereocenters. The molecule has 5 heteroatoms. The standard InChI is InChI=1S/C17H26N2O2.ClH/c1-13-5-3-8-16(9-13)21-12-14-6-4-7-15(10-14)19-17(20)11-18-2;/h4,6-7,10,13,16,18H,3,5,8-9,11-12H2,1-2H3,(H,19,20);1H. The van der Waals surface area contributed by atoms with Crippen molar-refractivity contribution in [3.8, 4) is 0 Å². The highest BCUT2D eigenvalue weighted by molar-refractivity contribution is 5.92. The zero-order chi connectivity index (χ0) is 15.1. The minimum atomic E-state index is -0.0309.